The number of fused-ring (bicyclic) bond motifs is 5. The van der Waals surface area contributed by atoms with Crippen LogP contribution in [0.15, 0.2) is 30.3 Å². The van der Waals surface area contributed by atoms with Crippen LogP contribution in [0.25, 0.3) is 0 Å². The highest BCUT2D eigenvalue weighted by Crippen LogP contribution is 2.24. The fourth-order valence-corrected chi connectivity index (χ4v) is 10.4. The SMILES string of the molecule is CCNC(=O)[C@@H]1CSCCCC(=O)N[C@@H](CCCCNC(=O)CC)C(=O)N[C@H]2CSSC[C@H](NC(=O)[C@H](CC(=O)O)NC(=O)CNC(=O)[C@H](CCCNC(=N)N)NC2=O)C(=O)N[C@@H](Cc2ccccc2)C(=O)N1. The Morgan fingerprint density at radius 3 is 1.89 bits per heavy atom. The summed E-state index contributed by atoms with van der Waals surface area (Å²) in [4.78, 5) is 148. The van der Waals surface area contributed by atoms with Gasteiger partial charge in [0.15, 0.2) is 5.96 Å². The number of thioether (sulfide) groups is 1. The van der Waals surface area contributed by atoms with E-state index in [1.807, 2.05) is 0 Å². The molecular formula is C45H69N13O12S3. The second kappa shape index (κ2) is 33.4. The van der Waals surface area contributed by atoms with Crippen molar-refractivity contribution in [1.82, 2.24) is 58.5 Å². The third-order valence-electron chi connectivity index (χ3n) is 11.0. The molecule has 0 unspecified atom stereocenters. The van der Waals surface area contributed by atoms with Crippen LogP contribution in [0.3, 0.4) is 0 Å². The molecule has 7 atom stereocenters. The van der Waals surface area contributed by atoms with Gasteiger partial charge >= 0.3 is 5.97 Å². The van der Waals surface area contributed by atoms with Crippen molar-refractivity contribution in [3.63, 3.8) is 0 Å². The Bertz CT molecular complexity index is 2090. The number of carboxylic acids is 1. The summed E-state index contributed by atoms with van der Waals surface area (Å²) in [5, 5.41) is 45.9. The van der Waals surface area contributed by atoms with Gasteiger partial charge in [0.25, 0.3) is 0 Å². The second-order valence-electron chi connectivity index (χ2n) is 16.9. The van der Waals surface area contributed by atoms with Gasteiger partial charge in [0.1, 0.15) is 42.3 Å². The van der Waals surface area contributed by atoms with Crippen molar-refractivity contribution in [2.45, 2.75) is 120 Å². The van der Waals surface area contributed by atoms with E-state index < -0.39 is 114 Å². The van der Waals surface area contributed by atoms with Gasteiger partial charge in [-0.2, -0.15) is 11.8 Å². The van der Waals surface area contributed by atoms with Crippen molar-refractivity contribution in [1.29, 1.82) is 5.41 Å². The third-order valence-corrected chi connectivity index (χ3v) is 14.5. The first kappa shape index (κ1) is 61.0. The smallest absolute Gasteiger partial charge is 0.305 e. The molecule has 25 nitrogen and oxygen atoms in total. The number of guanidine groups is 1. The molecule has 0 aliphatic carbocycles. The number of nitrogens with two attached hydrogens (primary N) is 1. The van der Waals surface area contributed by atoms with E-state index in [1.165, 1.54) is 11.8 Å². The van der Waals surface area contributed by atoms with E-state index in [0.29, 0.717) is 37.1 Å². The number of likely N-dealkylation sites (N-methyl/N-ethyl adjacent to an activating group) is 1. The van der Waals surface area contributed by atoms with Crippen molar-refractivity contribution in [2.75, 3.05) is 49.2 Å². The molecule has 28 heteroatoms. The van der Waals surface area contributed by atoms with E-state index in [4.69, 9.17) is 11.1 Å². The van der Waals surface area contributed by atoms with Crippen LogP contribution in [0, 0.1) is 5.41 Å². The van der Waals surface area contributed by atoms with Crippen LogP contribution in [-0.2, 0) is 59.2 Å². The Labute approximate surface area is 435 Å². The number of carbonyl (C=O) groups excluding carboxylic acids is 10. The lowest BCUT2D eigenvalue weighted by atomic mass is 10.0. The van der Waals surface area contributed by atoms with Crippen molar-refractivity contribution >= 4 is 104 Å². The highest BCUT2D eigenvalue weighted by molar-refractivity contribution is 8.76. The molecule has 0 radical (unpaired) electrons. The Hall–Kier alpha value is -6.29. The number of carbonyl (C=O) groups is 11. The van der Waals surface area contributed by atoms with Gasteiger partial charge in [0, 0.05) is 56.2 Å². The molecule has 1 aromatic rings. The molecule has 2 fully saturated rings. The maximum atomic E-state index is 14.4. The van der Waals surface area contributed by atoms with Crippen LogP contribution in [0.5, 0.6) is 0 Å². The van der Waals surface area contributed by atoms with Gasteiger partial charge in [0.05, 0.1) is 13.0 Å². The first-order valence-corrected chi connectivity index (χ1v) is 27.6. The van der Waals surface area contributed by atoms with Crippen LogP contribution in [0.1, 0.15) is 77.2 Å². The molecule has 15 N–H and O–H groups in total. The minimum atomic E-state index is -1.77. The van der Waals surface area contributed by atoms with Crippen molar-refractivity contribution in [3.8, 4) is 0 Å². The first-order chi connectivity index (χ1) is 34.9. The van der Waals surface area contributed by atoms with Gasteiger partial charge in [0.2, 0.25) is 59.1 Å². The second-order valence-corrected chi connectivity index (χ2v) is 20.6. The zero-order chi connectivity index (χ0) is 53.7. The average Bonchev–Trinajstić information content (AvgIpc) is 3.34. The number of rotatable bonds is 16. The van der Waals surface area contributed by atoms with E-state index in [9.17, 15) is 57.8 Å². The number of amides is 10. The molecule has 2 saturated heterocycles. The molecule has 2 heterocycles. The van der Waals surface area contributed by atoms with E-state index in [-0.39, 0.29) is 80.7 Å². The molecule has 0 spiro atoms. The molecule has 10 amide bonds. The van der Waals surface area contributed by atoms with Crippen LogP contribution in [0.2, 0.25) is 0 Å². The number of benzene rings is 1. The Morgan fingerprint density at radius 2 is 1.26 bits per heavy atom. The molecule has 0 saturated carbocycles. The third kappa shape index (κ3) is 23.9. The number of carboxylic acid groups (broad SMARTS) is 1. The molecule has 2 bridgehead atoms. The van der Waals surface area contributed by atoms with E-state index >= 15 is 0 Å². The van der Waals surface area contributed by atoms with Crippen LogP contribution < -0.4 is 64.2 Å². The van der Waals surface area contributed by atoms with Gasteiger partial charge in [-0.05, 0) is 56.8 Å². The normalized spacial score (nSPS) is 23.7. The maximum Gasteiger partial charge on any atom is 0.305 e. The lowest BCUT2D eigenvalue weighted by molar-refractivity contribution is -0.141. The minimum absolute atomic E-state index is 0.0365. The Morgan fingerprint density at radius 1 is 0.671 bits per heavy atom. The summed E-state index contributed by atoms with van der Waals surface area (Å²) in [6, 6.07) is -1.03. The molecule has 2 aliphatic heterocycles. The van der Waals surface area contributed by atoms with E-state index in [2.05, 4.69) is 58.5 Å². The summed E-state index contributed by atoms with van der Waals surface area (Å²) >= 11 is 1.27. The summed E-state index contributed by atoms with van der Waals surface area (Å²) in [5.41, 5.74) is 6.03. The standard InChI is InChI=1S/C45H69N13O12S3/c1-3-34(59)49-17-9-8-14-28-40(66)57-32-24-72-73-25-33(58-42(68)30(21-37(62)63)53-36(61)22-51-38(64)27(54-43(32)69)15-10-18-50-45(46)47)44(70)55-29(20-26-12-6-5-7-13-26)41(67)56-31(39(65)48-4-2)23-71-19-11-16-35(60)52-28/h5-7,12-13,27-33H,3-4,8-11,14-25H2,1-2H3,(H,48,65)(H,49,59)(H,51,64)(H,52,60)(H,53,61)(H,54,69)(H,55,70)(H,56,67)(H,57,66)(H,58,68)(H,62,63)(H4,46,47,50)/t27-,28-,29-,30-,31-,32-,33-/m0/s1. The van der Waals surface area contributed by atoms with E-state index in [0.717, 1.165) is 21.6 Å². The zero-order valence-electron chi connectivity index (χ0n) is 40.9. The quantitative estimate of drug-likeness (QED) is 0.0345. The van der Waals surface area contributed by atoms with Gasteiger partial charge in [-0.15, -0.1) is 0 Å². The van der Waals surface area contributed by atoms with Crippen LogP contribution in [0.4, 0.5) is 0 Å². The highest BCUT2D eigenvalue weighted by atomic mass is 33.1. The number of nitrogens with one attached hydrogen (secondary N) is 12. The zero-order valence-corrected chi connectivity index (χ0v) is 43.3. The lowest BCUT2D eigenvalue weighted by Gasteiger charge is -2.27. The molecule has 0 aromatic heterocycles. The molecular weight excluding hydrogens is 1010 g/mol. The lowest BCUT2D eigenvalue weighted by Crippen LogP contribution is -2.60. The maximum absolute atomic E-state index is 14.4. The van der Waals surface area contributed by atoms with Gasteiger partial charge < -0.3 is 69.3 Å². The number of hydrogen-bond donors (Lipinski definition) is 14. The predicted molar refractivity (Wildman–Crippen MR) is 275 cm³/mol. The monoisotopic (exact) mass is 1080 g/mol. The average molecular weight is 1080 g/mol. The highest BCUT2D eigenvalue weighted by Gasteiger charge is 2.35. The summed E-state index contributed by atoms with van der Waals surface area (Å²) in [5.74, 6) is -9.35. The van der Waals surface area contributed by atoms with Gasteiger partial charge in [-0.1, -0.05) is 58.8 Å². The van der Waals surface area contributed by atoms with Crippen LogP contribution in [-0.4, -0.2) is 168 Å². The topological polar surface area (TPSA) is 390 Å². The van der Waals surface area contributed by atoms with E-state index in [1.54, 1.807) is 44.2 Å². The summed E-state index contributed by atoms with van der Waals surface area (Å²) < 4.78 is 0. The summed E-state index contributed by atoms with van der Waals surface area (Å²) in [6.45, 7) is 3.27. The fourth-order valence-electron chi connectivity index (χ4n) is 7.11. The summed E-state index contributed by atoms with van der Waals surface area (Å²) in [6.07, 6.45) is 0.533. The number of unbranched alkanes of at least 4 members (excludes halogenated alkanes) is 1. The molecule has 404 valence electrons. The largest absolute Gasteiger partial charge is 0.481 e. The van der Waals surface area contributed by atoms with Gasteiger partial charge in [-0.25, -0.2) is 0 Å². The Kier molecular flexibility index (Phi) is 27.9. The van der Waals surface area contributed by atoms with Crippen molar-refractivity contribution in [2.24, 2.45) is 5.73 Å². The number of aliphatic carboxylic acids is 1. The molecule has 73 heavy (non-hydrogen) atoms. The predicted octanol–water partition coefficient (Wildman–Crippen LogP) is -2.77. The molecule has 1 aromatic carbocycles. The van der Waals surface area contributed by atoms with Crippen molar-refractivity contribution < 1.29 is 57.8 Å². The van der Waals surface area contributed by atoms with Gasteiger partial charge in [-0.3, -0.25) is 58.1 Å². The first-order valence-electron chi connectivity index (χ1n) is 24.0. The summed E-state index contributed by atoms with van der Waals surface area (Å²) in [7, 11) is 1.92. The minimum Gasteiger partial charge on any atom is -0.481 e. The number of hydrogen-bond acceptors (Lipinski definition) is 15. The fraction of sp³-hybridized carbons (Fsp3) is 0.600. The molecule has 2 aliphatic rings. The van der Waals surface area contributed by atoms with Crippen LogP contribution >= 0.6 is 33.3 Å². The van der Waals surface area contributed by atoms with Crippen molar-refractivity contribution in [3.05, 3.63) is 35.9 Å². The Balaban J connectivity index is 2.13. The molecule has 3 rings (SSSR count).